The van der Waals surface area contributed by atoms with Crippen LogP contribution in [0.25, 0.3) is 0 Å². The fraction of sp³-hybridized carbons (Fsp3) is 0.514. The van der Waals surface area contributed by atoms with Gasteiger partial charge in [-0.3, -0.25) is 14.4 Å². The fourth-order valence-electron chi connectivity index (χ4n) is 3.46. The van der Waals surface area contributed by atoms with Crippen LogP contribution in [-0.4, -0.2) is 50.2 Å². The van der Waals surface area contributed by atoms with Crippen molar-refractivity contribution in [3.63, 3.8) is 0 Å². The molecule has 7 heteroatoms. The number of rotatable bonds is 13. The predicted molar refractivity (Wildman–Crippen MR) is 182 cm³/mol. The number of hydrogen-bond acceptors (Lipinski definition) is 5. The number of amides is 2. The van der Waals surface area contributed by atoms with Crippen molar-refractivity contribution in [2.24, 2.45) is 17.8 Å². The molecule has 0 saturated carbocycles. The summed E-state index contributed by atoms with van der Waals surface area (Å²) in [7, 11) is 1.71. The fourth-order valence-corrected chi connectivity index (χ4v) is 3.46. The molecule has 2 unspecified atom stereocenters. The molecule has 2 amide bonds. The van der Waals surface area contributed by atoms with Gasteiger partial charge in [-0.25, -0.2) is 0 Å². The highest BCUT2D eigenvalue weighted by Gasteiger charge is 2.10. The lowest BCUT2D eigenvalue weighted by molar-refractivity contribution is -0.122. The van der Waals surface area contributed by atoms with Crippen LogP contribution in [0.15, 0.2) is 66.3 Å². The van der Waals surface area contributed by atoms with E-state index in [0.717, 1.165) is 49.0 Å². The van der Waals surface area contributed by atoms with E-state index in [9.17, 15) is 19.2 Å². The Morgan fingerprint density at radius 3 is 2.23 bits per heavy atom. The van der Waals surface area contributed by atoms with E-state index < -0.39 is 0 Å². The van der Waals surface area contributed by atoms with E-state index in [1.54, 1.807) is 7.11 Å². The van der Waals surface area contributed by atoms with Crippen LogP contribution in [0.5, 0.6) is 0 Å². The molecule has 7 nitrogen and oxygen atoms in total. The van der Waals surface area contributed by atoms with Gasteiger partial charge in [0.2, 0.25) is 12.3 Å². The van der Waals surface area contributed by atoms with E-state index in [1.807, 2.05) is 75.4 Å². The SMILES string of the molecule is C#CCCCCNC(=O)CNC=O.CC(C)CC(C)CC=O.CC1C=CC=C(C(=O)c2ccccc2)C=C1.COC(C)(C)C. The zero-order valence-electron chi connectivity index (χ0n) is 28.2. The van der Waals surface area contributed by atoms with Crippen molar-refractivity contribution in [1.29, 1.82) is 0 Å². The summed E-state index contributed by atoms with van der Waals surface area (Å²) < 4.78 is 4.94. The normalized spacial score (nSPS) is 13.9. The van der Waals surface area contributed by atoms with E-state index in [1.165, 1.54) is 6.42 Å². The molecular formula is C37H56N2O5. The van der Waals surface area contributed by atoms with Crippen LogP contribution in [0, 0.1) is 30.1 Å². The standard InChI is InChI=1S/C15H14O.C9H14N2O2.C8H16O.C5H12O/c1-12-6-5-9-14(11-10-12)15(16)13-7-3-2-4-8-13;1-2-3-4-5-6-11-9(13)7-10-8-12;1-7(2)6-8(3)4-5-9;1-5(2,3)6-4/h2-12H,1H3;1,8H,3-7H2,(H,10,12)(H,11,13);5,7-8H,4,6H2,1-3H3;1-4H3. The van der Waals surface area contributed by atoms with Crippen LogP contribution >= 0.6 is 0 Å². The van der Waals surface area contributed by atoms with Gasteiger partial charge in [-0.1, -0.05) is 88.4 Å². The lowest BCUT2D eigenvalue weighted by Gasteiger charge is -2.14. The summed E-state index contributed by atoms with van der Waals surface area (Å²) in [6, 6.07) is 9.36. The van der Waals surface area contributed by atoms with E-state index in [4.69, 9.17) is 11.2 Å². The minimum Gasteiger partial charge on any atom is -0.379 e. The van der Waals surface area contributed by atoms with Gasteiger partial charge in [-0.2, -0.15) is 0 Å². The van der Waals surface area contributed by atoms with Crippen molar-refractivity contribution in [3.8, 4) is 12.3 Å². The second-order valence-corrected chi connectivity index (χ2v) is 11.9. The number of benzene rings is 1. The largest absolute Gasteiger partial charge is 0.379 e. The van der Waals surface area contributed by atoms with Crippen LogP contribution in [0.2, 0.25) is 0 Å². The zero-order valence-corrected chi connectivity index (χ0v) is 28.2. The number of carbonyl (C=O) groups is 4. The molecule has 2 atom stereocenters. The predicted octanol–water partition coefficient (Wildman–Crippen LogP) is 6.90. The first-order valence-electron chi connectivity index (χ1n) is 15.3. The van der Waals surface area contributed by atoms with Crippen molar-refractivity contribution in [2.75, 3.05) is 20.2 Å². The molecule has 0 radical (unpaired) electrons. The molecule has 1 aliphatic carbocycles. The molecule has 0 bridgehead atoms. The number of aldehydes is 1. The third-order valence-corrected chi connectivity index (χ3v) is 5.97. The molecule has 0 fully saturated rings. The Balaban J connectivity index is 0. The van der Waals surface area contributed by atoms with Crippen molar-refractivity contribution in [3.05, 3.63) is 71.8 Å². The highest BCUT2D eigenvalue weighted by atomic mass is 16.5. The Morgan fingerprint density at radius 2 is 1.70 bits per heavy atom. The molecule has 1 aliphatic rings. The Morgan fingerprint density at radius 1 is 1.07 bits per heavy atom. The van der Waals surface area contributed by atoms with E-state index in [0.29, 0.717) is 24.8 Å². The van der Waals surface area contributed by atoms with Crippen LogP contribution < -0.4 is 10.6 Å². The molecule has 1 aromatic rings. The minimum absolute atomic E-state index is 0.0403. The average molecular weight is 609 g/mol. The summed E-state index contributed by atoms with van der Waals surface area (Å²) >= 11 is 0. The van der Waals surface area contributed by atoms with Crippen molar-refractivity contribution in [2.45, 2.75) is 86.2 Å². The van der Waals surface area contributed by atoms with Crippen LogP contribution in [0.1, 0.15) is 90.9 Å². The van der Waals surface area contributed by atoms with E-state index in [2.05, 4.69) is 50.3 Å². The number of allylic oxidation sites excluding steroid dienone is 6. The van der Waals surface area contributed by atoms with Gasteiger partial charge in [-0.15, -0.1) is 12.3 Å². The van der Waals surface area contributed by atoms with Crippen LogP contribution in [0.3, 0.4) is 0 Å². The quantitative estimate of drug-likeness (QED) is 0.110. The van der Waals surface area contributed by atoms with Gasteiger partial charge in [0.15, 0.2) is 5.78 Å². The van der Waals surface area contributed by atoms with Gasteiger partial charge in [-0.05, 0) is 57.8 Å². The number of ketones is 1. The molecule has 2 N–H and O–H groups in total. The summed E-state index contributed by atoms with van der Waals surface area (Å²) in [6.45, 7) is 15.3. The lowest BCUT2D eigenvalue weighted by Crippen LogP contribution is -2.33. The highest BCUT2D eigenvalue weighted by Crippen LogP contribution is 2.15. The minimum atomic E-state index is -0.173. The summed E-state index contributed by atoms with van der Waals surface area (Å²) in [5, 5.41) is 4.92. The van der Waals surface area contributed by atoms with Gasteiger partial charge in [0.1, 0.15) is 6.29 Å². The maximum absolute atomic E-state index is 12.1. The molecular weight excluding hydrogens is 552 g/mol. The molecule has 0 spiro atoms. The summed E-state index contributed by atoms with van der Waals surface area (Å²) in [5.41, 5.74) is 1.52. The Kier molecular flexibility index (Phi) is 25.8. The summed E-state index contributed by atoms with van der Waals surface area (Å²) in [5.74, 6) is 4.11. The maximum Gasteiger partial charge on any atom is 0.239 e. The molecule has 44 heavy (non-hydrogen) atoms. The molecule has 0 aromatic heterocycles. The van der Waals surface area contributed by atoms with E-state index in [-0.39, 0.29) is 23.8 Å². The highest BCUT2D eigenvalue weighted by molar-refractivity contribution is 6.10. The Hall–Kier alpha value is -3.76. The molecule has 0 aliphatic heterocycles. The van der Waals surface area contributed by atoms with Gasteiger partial charge in [0.05, 0.1) is 12.1 Å². The first kappa shape index (κ1) is 42.4. The number of unbranched alkanes of at least 4 members (excludes halogenated alkanes) is 2. The Labute approximate surface area is 267 Å². The van der Waals surface area contributed by atoms with Crippen molar-refractivity contribution >= 4 is 24.4 Å². The number of Topliss-reactive ketones (excluding diaryl/α,β-unsaturated/α-hetero) is 1. The number of ether oxygens (including phenoxy) is 1. The molecule has 244 valence electrons. The second kappa shape index (κ2) is 26.8. The van der Waals surface area contributed by atoms with Gasteiger partial charge < -0.3 is 20.2 Å². The van der Waals surface area contributed by atoms with Crippen molar-refractivity contribution in [1.82, 2.24) is 10.6 Å². The summed E-state index contributed by atoms with van der Waals surface area (Å²) in [4.78, 5) is 42.8. The molecule has 1 aromatic carbocycles. The topological polar surface area (TPSA) is 102 Å². The van der Waals surface area contributed by atoms with Crippen molar-refractivity contribution < 1.29 is 23.9 Å². The van der Waals surface area contributed by atoms with Gasteiger partial charge in [0.25, 0.3) is 0 Å². The second-order valence-electron chi connectivity index (χ2n) is 11.9. The number of carbonyl (C=O) groups excluding carboxylic acids is 4. The number of methoxy groups -OCH3 is 1. The summed E-state index contributed by atoms with van der Waals surface area (Å²) in [6.07, 6.45) is 20.8. The smallest absolute Gasteiger partial charge is 0.239 e. The number of nitrogens with one attached hydrogen (secondary N) is 2. The first-order chi connectivity index (χ1) is 20.8. The first-order valence-corrected chi connectivity index (χ1v) is 15.3. The molecule has 0 heterocycles. The van der Waals surface area contributed by atoms with Gasteiger partial charge in [0, 0.05) is 37.6 Å². The number of terminal acetylenes is 1. The maximum atomic E-state index is 12.1. The molecule has 0 saturated heterocycles. The zero-order chi connectivity index (χ0) is 33.8. The average Bonchev–Trinajstić information content (AvgIpc) is 3.20. The number of hydrogen-bond donors (Lipinski definition) is 2. The van der Waals surface area contributed by atoms with Gasteiger partial charge >= 0.3 is 0 Å². The third-order valence-electron chi connectivity index (χ3n) is 5.97. The lowest BCUT2D eigenvalue weighted by atomic mass is 9.97. The Bertz CT molecular complexity index is 1060. The monoisotopic (exact) mass is 608 g/mol. The third kappa shape index (κ3) is 27.1. The van der Waals surface area contributed by atoms with Crippen LogP contribution in [-0.2, 0) is 19.1 Å². The molecule has 2 rings (SSSR count). The van der Waals surface area contributed by atoms with E-state index >= 15 is 0 Å². The van der Waals surface area contributed by atoms with Crippen LogP contribution in [0.4, 0.5) is 0 Å².